The van der Waals surface area contributed by atoms with E-state index in [0.717, 1.165) is 6.54 Å². The molecule has 1 unspecified atom stereocenters. The van der Waals surface area contributed by atoms with Gasteiger partial charge in [0, 0.05) is 12.6 Å². The van der Waals surface area contributed by atoms with Gasteiger partial charge in [0.05, 0.1) is 0 Å². The summed E-state index contributed by atoms with van der Waals surface area (Å²) < 4.78 is 0. The van der Waals surface area contributed by atoms with Crippen LogP contribution in [0.1, 0.15) is 30.9 Å². The maximum Gasteiger partial charge on any atom is 0.0424 e. The first-order chi connectivity index (χ1) is 7.36. The van der Waals surface area contributed by atoms with E-state index in [1.54, 1.807) is 0 Å². The van der Waals surface area contributed by atoms with Gasteiger partial charge < -0.3 is 10.6 Å². The molecule has 0 amide bonds. The Kier molecular flexibility index (Phi) is 5.81. The van der Waals surface area contributed by atoms with Crippen molar-refractivity contribution in [2.75, 3.05) is 19.6 Å². The van der Waals surface area contributed by atoms with Crippen molar-refractivity contribution in [3.63, 3.8) is 0 Å². The number of hydrogen-bond acceptors (Lipinski definition) is 2. The number of likely N-dealkylation sites (tertiary alicyclic amines) is 1. The molecule has 0 radical (unpaired) electrons. The summed E-state index contributed by atoms with van der Waals surface area (Å²) in [5.74, 6) is 0. The van der Waals surface area contributed by atoms with Crippen LogP contribution in [0.25, 0.3) is 0 Å². The molecule has 2 nitrogen and oxygen atoms in total. The quantitative estimate of drug-likeness (QED) is 0.880. The van der Waals surface area contributed by atoms with Crippen LogP contribution in [0.2, 0.25) is 0 Å². The van der Waals surface area contributed by atoms with Crippen LogP contribution in [0.5, 0.6) is 0 Å². The molecular formula is C13H21ClN2. The van der Waals surface area contributed by atoms with E-state index in [1.165, 1.54) is 37.9 Å². The monoisotopic (exact) mass is 240 g/mol. The van der Waals surface area contributed by atoms with E-state index < -0.39 is 0 Å². The Hall–Kier alpha value is -0.570. The van der Waals surface area contributed by atoms with Crippen molar-refractivity contribution >= 4 is 12.4 Å². The van der Waals surface area contributed by atoms with Crippen LogP contribution in [0, 0.1) is 0 Å². The maximum absolute atomic E-state index is 6.18. The lowest BCUT2D eigenvalue weighted by Gasteiger charge is -2.29. The highest BCUT2D eigenvalue weighted by Gasteiger charge is 2.14. The van der Waals surface area contributed by atoms with E-state index in [4.69, 9.17) is 5.73 Å². The van der Waals surface area contributed by atoms with Gasteiger partial charge in [0.1, 0.15) is 0 Å². The van der Waals surface area contributed by atoms with Crippen molar-refractivity contribution in [3.05, 3.63) is 35.9 Å². The third-order valence-electron chi connectivity index (χ3n) is 3.13. The second-order valence-corrected chi connectivity index (χ2v) is 4.38. The summed E-state index contributed by atoms with van der Waals surface area (Å²) in [6.07, 6.45) is 4.06. The van der Waals surface area contributed by atoms with Crippen molar-refractivity contribution in [2.24, 2.45) is 5.73 Å². The van der Waals surface area contributed by atoms with Crippen LogP contribution in [0.4, 0.5) is 0 Å². The van der Waals surface area contributed by atoms with E-state index in [2.05, 4.69) is 29.2 Å². The lowest BCUT2D eigenvalue weighted by Crippen LogP contribution is -2.36. The summed E-state index contributed by atoms with van der Waals surface area (Å²) in [7, 11) is 0. The summed E-state index contributed by atoms with van der Waals surface area (Å²) in [6, 6.07) is 10.6. The number of halogens is 1. The summed E-state index contributed by atoms with van der Waals surface area (Å²) >= 11 is 0. The molecule has 1 fully saturated rings. The largest absolute Gasteiger partial charge is 0.323 e. The number of rotatable bonds is 3. The minimum atomic E-state index is 0. The normalized spacial score (nSPS) is 18.8. The van der Waals surface area contributed by atoms with Crippen LogP contribution in [-0.4, -0.2) is 24.5 Å². The van der Waals surface area contributed by atoms with Gasteiger partial charge in [0.25, 0.3) is 0 Å². The van der Waals surface area contributed by atoms with E-state index in [0.29, 0.717) is 0 Å². The van der Waals surface area contributed by atoms with E-state index in [9.17, 15) is 0 Å². The fourth-order valence-electron chi connectivity index (χ4n) is 2.23. The Labute approximate surface area is 104 Å². The molecule has 1 aliphatic rings. The Morgan fingerprint density at radius 1 is 1.06 bits per heavy atom. The van der Waals surface area contributed by atoms with Crippen molar-refractivity contribution in [3.8, 4) is 0 Å². The van der Waals surface area contributed by atoms with Crippen molar-refractivity contribution in [2.45, 2.75) is 25.3 Å². The van der Waals surface area contributed by atoms with Crippen LogP contribution < -0.4 is 5.73 Å². The molecule has 2 N–H and O–H groups in total. The molecule has 1 aromatic carbocycles. The summed E-state index contributed by atoms with van der Waals surface area (Å²) in [5.41, 5.74) is 7.44. The standard InChI is InChI=1S/C13H20N2.ClH/c14-13(12-7-3-1-4-8-12)11-15-9-5-2-6-10-15;/h1,3-4,7-8,13H,2,5-6,9-11,14H2;1H. The highest BCUT2D eigenvalue weighted by atomic mass is 35.5. The number of benzene rings is 1. The number of nitrogens with zero attached hydrogens (tertiary/aromatic N) is 1. The first-order valence-electron chi connectivity index (χ1n) is 5.89. The molecule has 0 bridgehead atoms. The van der Waals surface area contributed by atoms with Gasteiger partial charge in [0.2, 0.25) is 0 Å². The Bertz CT molecular complexity index is 283. The zero-order chi connectivity index (χ0) is 10.5. The van der Waals surface area contributed by atoms with Crippen LogP contribution in [0.3, 0.4) is 0 Å². The molecule has 90 valence electrons. The zero-order valence-corrected chi connectivity index (χ0v) is 10.5. The van der Waals surface area contributed by atoms with Crippen molar-refractivity contribution in [1.82, 2.24) is 4.90 Å². The molecular weight excluding hydrogens is 220 g/mol. The first kappa shape index (κ1) is 13.5. The third-order valence-corrected chi connectivity index (χ3v) is 3.13. The summed E-state index contributed by atoms with van der Waals surface area (Å²) in [6.45, 7) is 3.45. The van der Waals surface area contributed by atoms with E-state index in [-0.39, 0.29) is 18.4 Å². The van der Waals surface area contributed by atoms with Gasteiger partial charge in [-0.25, -0.2) is 0 Å². The average molecular weight is 241 g/mol. The fraction of sp³-hybridized carbons (Fsp3) is 0.538. The molecule has 1 atom stereocenters. The van der Waals surface area contributed by atoms with Gasteiger partial charge in [-0.1, -0.05) is 36.8 Å². The van der Waals surface area contributed by atoms with E-state index >= 15 is 0 Å². The van der Waals surface area contributed by atoms with Gasteiger partial charge >= 0.3 is 0 Å². The predicted molar refractivity (Wildman–Crippen MR) is 70.9 cm³/mol. The summed E-state index contributed by atoms with van der Waals surface area (Å²) in [4.78, 5) is 2.49. The number of hydrogen-bond donors (Lipinski definition) is 1. The minimum Gasteiger partial charge on any atom is -0.323 e. The maximum atomic E-state index is 6.18. The third kappa shape index (κ3) is 3.78. The minimum absolute atomic E-state index is 0. The van der Waals surface area contributed by atoms with Gasteiger partial charge in [-0.3, -0.25) is 0 Å². The molecule has 1 saturated heterocycles. The summed E-state index contributed by atoms with van der Waals surface area (Å²) in [5, 5.41) is 0. The fourth-order valence-corrected chi connectivity index (χ4v) is 2.23. The van der Waals surface area contributed by atoms with Gasteiger partial charge in [-0.2, -0.15) is 0 Å². The van der Waals surface area contributed by atoms with Crippen LogP contribution >= 0.6 is 12.4 Å². The molecule has 2 rings (SSSR count). The van der Waals surface area contributed by atoms with Gasteiger partial charge in [-0.05, 0) is 31.5 Å². The van der Waals surface area contributed by atoms with Crippen molar-refractivity contribution < 1.29 is 0 Å². The van der Waals surface area contributed by atoms with Gasteiger partial charge in [-0.15, -0.1) is 12.4 Å². The second-order valence-electron chi connectivity index (χ2n) is 4.38. The highest BCUT2D eigenvalue weighted by molar-refractivity contribution is 5.85. The lowest BCUT2D eigenvalue weighted by molar-refractivity contribution is 0.216. The van der Waals surface area contributed by atoms with Crippen molar-refractivity contribution in [1.29, 1.82) is 0 Å². The zero-order valence-electron chi connectivity index (χ0n) is 9.64. The Morgan fingerprint density at radius 3 is 2.31 bits per heavy atom. The highest BCUT2D eigenvalue weighted by Crippen LogP contribution is 2.15. The molecule has 0 spiro atoms. The Balaban J connectivity index is 0.00000128. The smallest absolute Gasteiger partial charge is 0.0424 e. The average Bonchev–Trinajstić information content (AvgIpc) is 2.31. The predicted octanol–water partition coefficient (Wildman–Crippen LogP) is 2.59. The molecule has 0 aromatic heterocycles. The van der Waals surface area contributed by atoms with Gasteiger partial charge in [0.15, 0.2) is 0 Å². The molecule has 0 aliphatic carbocycles. The molecule has 1 aromatic rings. The second kappa shape index (κ2) is 6.89. The lowest BCUT2D eigenvalue weighted by atomic mass is 10.1. The topological polar surface area (TPSA) is 29.3 Å². The molecule has 3 heteroatoms. The SMILES string of the molecule is Cl.NC(CN1CCCCC1)c1ccccc1. The van der Waals surface area contributed by atoms with Crippen LogP contribution in [-0.2, 0) is 0 Å². The first-order valence-corrected chi connectivity index (χ1v) is 5.89. The van der Waals surface area contributed by atoms with Crippen LogP contribution in [0.15, 0.2) is 30.3 Å². The number of nitrogens with two attached hydrogens (primary N) is 1. The molecule has 1 aliphatic heterocycles. The number of piperidine rings is 1. The molecule has 0 saturated carbocycles. The Morgan fingerprint density at radius 2 is 1.69 bits per heavy atom. The molecule has 1 heterocycles. The molecule has 16 heavy (non-hydrogen) atoms. The van der Waals surface area contributed by atoms with E-state index in [1.807, 2.05) is 6.07 Å².